The Morgan fingerprint density at radius 1 is 1.40 bits per heavy atom. The van der Waals surface area contributed by atoms with Crippen LogP contribution in [0.15, 0.2) is 6.07 Å². The SMILES string of the molecule is COc1c(C(=O)NCCC23CCCN2CCC3)cc(Cl)c2c1CCN2. The van der Waals surface area contributed by atoms with Crippen molar-refractivity contribution in [2.45, 2.75) is 44.1 Å². The molecule has 0 aliphatic carbocycles. The number of hydrogen-bond acceptors (Lipinski definition) is 4. The summed E-state index contributed by atoms with van der Waals surface area (Å²) in [5.41, 5.74) is 2.79. The lowest BCUT2D eigenvalue weighted by Crippen LogP contribution is -2.41. The monoisotopic (exact) mass is 363 g/mol. The third-order valence-electron chi connectivity index (χ3n) is 6.14. The number of benzene rings is 1. The number of fused-ring (bicyclic) bond motifs is 2. The van der Waals surface area contributed by atoms with Gasteiger partial charge in [-0.15, -0.1) is 0 Å². The molecule has 1 amide bonds. The molecule has 2 N–H and O–H groups in total. The Balaban J connectivity index is 1.46. The number of methoxy groups -OCH3 is 1. The third-order valence-corrected chi connectivity index (χ3v) is 6.44. The second-order valence-corrected chi connectivity index (χ2v) is 7.80. The largest absolute Gasteiger partial charge is 0.496 e. The van der Waals surface area contributed by atoms with Crippen LogP contribution in [0.25, 0.3) is 0 Å². The van der Waals surface area contributed by atoms with Gasteiger partial charge in [0.25, 0.3) is 5.91 Å². The third kappa shape index (κ3) is 2.87. The maximum Gasteiger partial charge on any atom is 0.255 e. The molecule has 3 aliphatic rings. The Morgan fingerprint density at radius 3 is 2.88 bits per heavy atom. The van der Waals surface area contributed by atoms with Gasteiger partial charge in [0.05, 0.1) is 23.4 Å². The molecule has 0 bridgehead atoms. The van der Waals surface area contributed by atoms with Crippen molar-refractivity contribution in [3.63, 3.8) is 0 Å². The average Bonchev–Trinajstić information content (AvgIpc) is 3.29. The van der Waals surface area contributed by atoms with E-state index in [4.69, 9.17) is 16.3 Å². The van der Waals surface area contributed by atoms with Crippen molar-refractivity contribution in [1.82, 2.24) is 10.2 Å². The van der Waals surface area contributed by atoms with E-state index in [0.717, 1.165) is 30.6 Å². The molecule has 2 saturated heterocycles. The first-order valence-corrected chi connectivity index (χ1v) is 9.69. The van der Waals surface area contributed by atoms with Gasteiger partial charge in [0.1, 0.15) is 5.75 Å². The predicted molar refractivity (Wildman–Crippen MR) is 99.9 cm³/mol. The number of amides is 1. The molecule has 2 fully saturated rings. The molecular formula is C19H26ClN3O2. The second-order valence-electron chi connectivity index (χ2n) is 7.39. The lowest BCUT2D eigenvalue weighted by molar-refractivity contribution is 0.0939. The average molecular weight is 364 g/mol. The van der Waals surface area contributed by atoms with Crippen molar-refractivity contribution in [3.8, 4) is 5.75 Å². The summed E-state index contributed by atoms with van der Waals surface area (Å²) in [7, 11) is 1.62. The van der Waals surface area contributed by atoms with E-state index in [1.165, 1.54) is 38.8 Å². The molecule has 0 spiro atoms. The van der Waals surface area contributed by atoms with Crippen LogP contribution < -0.4 is 15.4 Å². The molecule has 3 aliphatic heterocycles. The van der Waals surface area contributed by atoms with E-state index >= 15 is 0 Å². The molecule has 3 heterocycles. The topological polar surface area (TPSA) is 53.6 Å². The van der Waals surface area contributed by atoms with Crippen LogP contribution in [0.3, 0.4) is 0 Å². The molecule has 4 rings (SSSR count). The van der Waals surface area contributed by atoms with Gasteiger partial charge < -0.3 is 15.4 Å². The fourth-order valence-corrected chi connectivity index (χ4v) is 5.26. The number of carbonyl (C=O) groups is 1. The molecule has 1 aromatic carbocycles. The van der Waals surface area contributed by atoms with Gasteiger partial charge in [0, 0.05) is 24.2 Å². The number of anilines is 1. The molecule has 0 saturated carbocycles. The fraction of sp³-hybridized carbons (Fsp3) is 0.632. The second kappa shape index (κ2) is 6.69. The zero-order chi connectivity index (χ0) is 17.4. The van der Waals surface area contributed by atoms with Gasteiger partial charge in [-0.2, -0.15) is 0 Å². The molecule has 0 aromatic heterocycles. The van der Waals surface area contributed by atoms with E-state index in [2.05, 4.69) is 15.5 Å². The highest BCUT2D eigenvalue weighted by atomic mass is 35.5. The van der Waals surface area contributed by atoms with Gasteiger partial charge in [-0.25, -0.2) is 0 Å². The summed E-state index contributed by atoms with van der Waals surface area (Å²) in [6.07, 6.45) is 6.97. The summed E-state index contributed by atoms with van der Waals surface area (Å²) >= 11 is 6.35. The molecule has 5 nitrogen and oxygen atoms in total. The van der Waals surface area contributed by atoms with Crippen molar-refractivity contribution in [3.05, 3.63) is 22.2 Å². The van der Waals surface area contributed by atoms with Crippen molar-refractivity contribution in [2.24, 2.45) is 0 Å². The summed E-state index contributed by atoms with van der Waals surface area (Å²) < 4.78 is 5.54. The van der Waals surface area contributed by atoms with E-state index in [0.29, 0.717) is 28.4 Å². The summed E-state index contributed by atoms with van der Waals surface area (Å²) in [5.74, 6) is 0.566. The zero-order valence-corrected chi connectivity index (χ0v) is 15.5. The Labute approximate surface area is 154 Å². The van der Waals surface area contributed by atoms with Crippen LogP contribution >= 0.6 is 11.6 Å². The van der Waals surface area contributed by atoms with Gasteiger partial charge in [0.2, 0.25) is 0 Å². The number of ether oxygens (including phenoxy) is 1. The maximum absolute atomic E-state index is 12.8. The van der Waals surface area contributed by atoms with E-state index in [9.17, 15) is 4.79 Å². The van der Waals surface area contributed by atoms with E-state index in [1.54, 1.807) is 13.2 Å². The van der Waals surface area contributed by atoms with E-state index in [1.807, 2.05) is 0 Å². The van der Waals surface area contributed by atoms with E-state index < -0.39 is 0 Å². The van der Waals surface area contributed by atoms with Crippen molar-refractivity contribution < 1.29 is 9.53 Å². The minimum Gasteiger partial charge on any atom is -0.496 e. The highest BCUT2D eigenvalue weighted by Crippen LogP contribution is 2.42. The Bertz CT molecular complexity index is 682. The number of rotatable bonds is 5. The Morgan fingerprint density at radius 2 is 2.16 bits per heavy atom. The summed E-state index contributed by atoms with van der Waals surface area (Å²) in [4.78, 5) is 15.4. The standard InChI is InChI=1S/C19H26ClN3O2/c1-25-17-13-4-8-21-16(13)15(20)12-14(17)18(24)22-9-7-19-5-2-10-23(19)11-3-6-19/h12,21H,2-11H2,1H3,(H,22,24). The lowest BCUT2D eigenvalue weighted by Gasteiger charge is -2.32. The van der Waals surface area contributed by atoms with Crippen LogP contribution in [0.1, 0.15) is 48.0 Å². The van der Waals surface area contributed by atoms with Crippen LogP contribution in [0.4, 0.5) is 5.69 Å². The first-order valence-electron chi connectivity index (χ1n) is 9.31. The molecule has 1 aromatic rings. The van der Waals surface area contributed by atoms with E-state index in [-0.39, 0.29) is 5.91 Å². The number of nitrogens with zero attached hydrogens (tertiary/aromatic N) is 1. The molecular weight excluding hydrogens is 338 g/mol. The minimum absolute atomic E-state index is 0.0904. The maximum atomic E-state index is 12.8. The minimum atomic E-state index is -0.0904. The van der Waals surface area contributed by atoms with Crippen LogP contribution in [0.2, 0.25) is 5.02 Å². The number of halogens is 1. The van der Waals surface area contributed by atoms with Crippen LogP contribution in [0, 0.1) is 0 Å². The smallest absolute Gasteiger partial charge is 0.255 e. The van der Waals surface area contributed by atoms with Crippen molar-refractivity contribution >= 4 is 23.2 Å². The fourth-order valence-electron chi connectivity index (χ4n) is 4.97. The lowest BCUT2D eigenvalue weighted by atomic mass is 9.90. The molecule has 136 valence electrons. The van der Waals surface area contributed by atoms with Gasteiger partial charge >= 0.3 is 0 Å². The molecule has 0 unspecified atom stereocenters. The van der Waals surface area contributed by atoms with Gasteiger partial charge in [-0.05, 0) is 57.7 Å². The van der Waals surface area contributed by atoms with Crippen LogP contribution in [0.5, 0.6) is 5.75 Å². The highest BCUT2D eigenvalue weighted by Gasteiger charge is 2.43. The first-order chi connectivity index (χ1) is 12.1. The van der Waals surface area contributed by atoms with Gasteiger partial charge in [-0.3, -0.25) is 9.69 Å². The van der Waals surface area contributed by atoms with Crippen molar-refractivity contribution in [1.29, 1.82) is 0 Å². The molecule has 0 radical (unpaired) electrons. The number of hydrogen-bond donors (Lipinski definition) is 2. The van der Waals surface area contributed by atoms with Crippen molar-refractivity contribution in [2.75, 3.05) is 38.6 Å². The normalized spacial score (nSPS) is 20.9. The zero-order valence-electron chi connectivity index (χ0n) is 14.8. The Hall–Kier alpha value is -1.46. The molecule has 6 heteroatoms. The first kappa shape index (κ1) is 17.0. The quantitative estimate of drug-likeness (QED) is 0.844. The van der Waals surface area contributed by atoms with Crippen LogP contribution in [-0.2, 0) is 6.42 Å². The highest BCUT2D eigenvalue weighted by molar-refractivity contribution is 6.34. The summed E-state index contributed by atoms with van der Waals surface area (Å²) in [5, 5.41) is 6.96. The van der Waals surface area contributed by atoms with Crippen LogP contribution in [-0.4, -0.2) is 49.6 Å². The number of nitrogens with one attached hydrogen (secondary N) is 2. The number of carbonyl (C=O) groups excluding carboxylic acids is 1. The van der Waals surface area contributed by atoms with Gasteiger partial charge in [0.15, 0.2) is 0 Å². The Kier molecular flexibility index (Phi) is 4.54. The van der Waals surface area contributed by atoms with Gasteiger partial charge in [-0.1, -0.05) is 11.6 Å². The molecule has 25 heavy (non-hydrogen) atoms. The predicted octanol–water partition coefficient (Wildman–Crippen LogP) is 3.06. The summed E-state index contributed by atoms with van der Waals surface area (Å²) in [6.45, 7) is 3.96. The molecule has 0 atom stereocenters. The summed E-state index contributed by atoms with van der Waals surface area (Å²) in [6, 6.07) is 1.72.